The molecule has 4 rings (SSSR count). The molecule has 0 spiro atoms. The summed E-state index contributed by atoms with van der Waals surface area (Å²) < 4.78 is 14.1. The summed E-state index contributed by atoms with van der Waals surface area (Å²) in [6.45, 7) is 11.1. The molecule has 0 saturated carbocycles. The number of aromatic nitrogens is 3. The fraction of sp³-hybridized carbons (Fsp3) is 0.407. The topological polar surface area (TPSA) is 117 Å². The van der Waals surface area contributed by atoms with E-state index in [1.807, 2.05) is 30.3 Å². The van der Waals surface area contributed by atoms with Crippen LogP contribution < -0.4 is 11.2 Å². The number of ether oxygens (including phenoxy) is 1. The smallest absolute Gasteiger partial charge is 0.333 e. The molecule has 0 saturated heterocycles. The van der Waals surface area contributed by atoms with Crippen molar-refractivity contribution >= 4 is 27.5 Å². The van der Waals surface area contributed by atoms with E-state index in [1.165, 1.54) is 42.2 Å². The normalized spacial score (nSPS) is 13.2. The van der Waals surface area contributed by atoms with E-state index in [2.05, 4.69) is 25.8 Å². The van der Waals surface area contributed by atoms with Gasteiger partial charge in [-0.15, -0.1) is 11.3 Å². The largest absolute Gasteiger partial charge is 0.480 e. The van der Waals surface area contributed by atoms with Crippen molar-refractivity contribution in [3.05, 3.63) is 74.8 Å². The zero-order valence-corrected chi connectivity index (χ0v) is 22.6. The van der Waals surface area contributed by atoms with E-state index in [-0.39, 0.29) is 17.3 Å². The van der Waals surface area contributed by atoms with Crippen LogP contribution in [0.2, 0.25) is 0 Å². The standard InChI is InChI=1S/C27H31N3O6S/c1-16-19-22(31)30(27(5,6)24(32)33)25(34)29(23(19)37-20(16)21-28-12-13-35-21)14-18(36-15-26(2,3)4)17-10-8-7-9-11-17/h7-13,18H,14-15H2,1-6H3,(H,32,33)/t18-/m0/s1. The van der Waals surface area contributed by atoms with Crippen LogP contribution in [-0.2, 0) is 21.6 Å². The van der Waals surface area contributed by atoms with Gasteiger partial charge >= 0.3 is 11.7 Å². The first kappa shape index (κ1) is 26.6. The Morgan fingerprint density at radius 2 is 1.84 bits per heavy atom. The van der Waals surface area contributed by atoms with Crippen LogP contribution in [0.4, 0.5) is 0 Å². The van der Waals surface area contributed by atoms with Gasteiger partial charge in [0.05, 0.1) is 29.6 Å². The molecule has 0 fully saturated rings. The molecule has 0 aliphatic carbocycles. The van der Waals surface area contributed by atoms with Crippen LogP contribution >= 0.6 is 11.3 Å². The van der Waals surface area contributed by atoms with Crippen molar-refractivity contribution in [2.45, 2.75) is 59.7 Å². The van der Waals surface area contributed by atoms with E-state index in [9.17, 15) is 19.5 Å². The second kappa shape index (κ2) is 9.75. The van der Waals surface area contributed by atoms with Crippen LogP contribution in [-0.4, -0.2) is 31.8 Å². The summed E-state index contributed by atoms with van der Waals surface area (Å²) in [6.07, 6.45) is 2.42. The van der Waals surface area contributed by atoms with Crippen molar-refractivity contribution in [3.63, 3.8) is 0 Å². The lowest BCUT2D eigenvalue weighted by Gasteiger charge is -2.27. The van der Waals surface area contributed by atoms with Crippen molar-refractivity contribution in [2.75, 3.05) is 6.61 Å². The third kappa shape index (κ3) is 5.03. The number of hydrogen-bond donors (Lipinski definition) is 1. The minimum Gasteiger partial charge on any atom is -0.480 e. The molecule has 1 N–H and O–H groups in total. The highest BCUT2D eigenvalue weighted by atomic mass is 32.1. The van der Waals surface area contributed by atoms with Crippen molar-refractivity contribution in [2.24, 2.45) is 5.41 Å². The van der Waals surface area contributed by atoms with Gasteiger partial charge in [-0.05, 0) is 37.3 Å². The van der Waals surface area contributed by atoms with Crippen molar-refractivity contribution in [1.29, 1.82) is 0 Å². The van der Waals surface area contributed by atoms with Crippen molar-refractivity contribution in [1.82, 2.24) is 14.1 Å². The lowest BCUT2D eigenvalue weighted by molar-refractivity contribution is -0.146. The molecule has 196 valence electrons. The Hall–Kier alpha value is -3.50. The zero-order valence-electron chi connectivity index (χ0n) is 21.8. The van der Waals surface area contributed by atoms with Crippen LogP contribution in [0.3, 0.4) is 0 Å². The summed E-state index contributed by atoms with van der Waals surface area (Å²) in [6, 6.07) is 9.53. The highest BCUT2D eigenvalue weighted by Crippen LogP contribution is 2.36. The molecule has 37 heavy (non-hydrogen) atoms. The summed E-state index contributed by atoms with van der Waals surface area (Å²) in [5.41, 5.74) is -1.86. The molecule has 0 aliphatic heterocycles. The van der Waals surface area contributed by atoms with Crippen LogP contribution in [0, 0.1) is 12.3 Å². The molecule has 0 bridgehead atoms. The van der Waals surface area contributed by atoms with Crippen LogP contribution in [0.1, 0.15) is 51.8 Å². The molecule has 0 aliphatic rings. The van der Waals surface area contributed by atoms with E-state index in [0.29, 0.717) is 27.8 Å². The first-order chi connectivity index (χ1) is 17.3. The number of nitrogens with zero attached hydrogens (tertiary/aromatic N) is 3. The highest BCUT2D eigenvalue weighted by Gasteiger charge is 2.36. The minimum absolute atomic E-state index is 0.0797. The van der Waals surface area contributed by atoms with Crippen molar-refractivity contribution in [3.8, 4) is 10.8 Å². The van der Waals surface area contributed by atoms with Crippen molar-refractivity contribution < 1.29 is 19.1 Å². The van der Waals surface area contributed by atoms with Gasteiger partial charge in [0.2, 0.25) is 5.89 Å². The van der Waals surface area contributed by atoms with Gasteiger partial charge in [0.1, 0.15) is 22.7 Å². The maximum Gasteiger partial charge on any atom is 0.333 e. The first-order valence-electron chi connectivity index (χ1n) is 11.9. The minimum atomic E-state index is -1.78. The van der Waals surface area contributed by atoms with E-state index in [0.717, 1.165) is 10.1 Å². The van der Waals surface area contributed by atoms with E-state index in [4.69, 9.17) is 9.15 Å². The quantitative estimate of drug-likeness (QED) is 0.351. The summed E-state index contributed by atoms with van der Waals surface area (Å²) >= 11 is 1.22. The Kier molecular flexibility index (Phi) is 7.00. The Bertz CT molecular complexity index is 1540. The molecule has 4 aromatic rings. The summed E-state index contributed by atoms with van der Waals surface area (Å²) in [4.78, 5) is 45.0. The van der Waals surface area contributed by atoms with Gasteiger partial charge in [-0.25, -0.2) is 19.1 Å². The van der Waals surface area contributed by atoms with Gasteiger partial charge in [0.25, 0.3) is 5.56 Å². The number of aliphatic carboxylic acids is 1. The van der Waals surface area contributed by atoms with E-state index < -0.39 is 28.9 Å². The molecule has 9 nitrogen and oxygen atoms in total. The van der Waals surface area contributed by atoms with Gasteiger partial charge in [-0.1, -0.05) is 51.1 Å². The highest BCUT2D eigenvalue weighted by molar-refractivity contribution is 7.22. The maximum absolute atomic E-state index is 13.9. The number of benzene rings is 1. The maximum atomic E-state index is 13.9. The van der Waals surface area contributed by atoms with Crippen LogP contribution in [0.15, 0.2) is 56.8 Å². The number of hydrogen-bond acceptors (Lipinski definition) is 7. The predicted octanol–water partition coefficient (Wildman–Crippen LogP) is 4.81. The number of rotatable bonds is 8. The molecule has 3 aromatic heterocycles. The molecule has 0 amide bonds. The molecule has 1 atom stereocenters. The number of carboxylic acids is 1. The molecular formula is C27H31N3O6S. The molecule has 10 heteroatoms. The predicted molar refractivity (Wildman–Crippen MR) is 142 cm³/mol. The van der Waals surface area contributed by atoms with Gasteiger partial charge in [-0.2, -0.15) is 0 Å². The summed E-state index contributed by atoms with van der Waals surface area (Å²) in [7, 11) is 0. The number of oxazole rings is 1. The Labute approximate surface area is 218 Å². The van der Waals surface area contributed by atoms with Crippen LogP contribution in [0.5, 0.6) is 0 Å². The van der Waals surface area contributed by atoms with Gasteiger partial charge in [0, 0.05) is 0 Å². The molecule has 1 aromatic carbocycles. The average molecular weight is 526 g/mol. The number of aryl methyl sites for hydroxylation is 1. The monoisotopic (exact) mass is 525 g/mol. The molecule has 3 heterocycles. The third-order valence-electron chi connectivity index (χ3n) is 6.16. The van der Waals surface area contributed by atoms with Crippen LogP contribution in [0.25, 0.3) is 21.0 Å². The number of carboxylic acid groups (broad SMARTS) is 1. The first-order valence-corrected chi connectivity index (χ1v) is 12.7. The lowest BCUT2D eigenvalue weighted by atomic mass is 9.98. The van der Waals surface area contributed by atoms with Gasteiger partial charge in [-0.3, -0.25) is 9.36 Å². The Morgan fingerprint density at radius 3 is 2.41 bits per heavy atom. The van der Waals surface area contributed by atoms with E-state index in [1.54, 1.807) is 6.92 Å². The fourth-order valence-corrected chi connectivity index (χ4v) is 5.32. The fourth-order valence-electron chi connectivity index (χ4n) is 4.07. The Morgan fingerprint density at radius 1 is 1.16 bits per heavy atom. The number of carbonyl (C=O) groups is 1. The molecule has 0 radical (unpaired) electrons. The number of fused-ring (bicyclic) bond motifs is 1. The summed E-state index contributed by atoms with van der Waals surface area (Å²) in [5.74, 6) is -0.966. The average Bonchev–Trinajstić information content (AvgIpc) is 3.46. The Balaban J connectivity index is 2.00. The number of thiophene rings is 1. The second-order valence-corrected chi connectivity index (χ2v) is 11.7. The third-order valence-corrected chi connectivity index (χ3v) is 7.46. The zero-order chi connectivity index (χ0) is 27.1. The van der Waals surface area contributed by atoms with Gasteiger partial charge in [0.15, 0.2) is 0 Å². The molecular weight excluding hydrogens is 494 g/mol. The SMILES string of the molecule is Cc1c(-c2ncco2)sc2c1c(=O)n(C(C)(C)C(=O)O)c(=O)n2C[C@H](OCC(C)(C)C)c1ccccc1. The van der Waals surface area contributed by atoms with Gasteiger partial charge < -0.3 is 14.3 Å². The van der Waals surface area contributed by atoms with E-state index >= 15 is 0 Å². The lowest BCUT2D eigenvalue weighted by Crippen LogP contribution is -2.52. The second-order valence-electron chi connectivity index (χ2n) is 10.7. The summed E-state index contributed by atoms with van der Waals surface area (Å²) in [5, 5.41) is 10.2. The molecule has 0 unspecified atom stereocenters.